The second-order valence-electron chi connectivity index (χ2n) is 4.83. The number of aliphatic carboxylic acids is 1. The summed E-state index contributed by atoms with van der Waals surface area (Å²) >= 11 is 0. The average Bonchev–Trinajstić information content (AvgIpc) is 2.67. The van der Waals surface area contributed by atoms with Crippen LogP contribution in [0.2, 0.25) is 0 Å². The number of likely N-dealkylation sites (N-methyl/N-ethyl adjacent to an activating group) is 1. The van der Waals surface area contributed by atoms with Crippen LogP contribution in [0.25, 0.3) is 0 Å². The summed E-state index contributed by atoms with van der Waals surface area (Å²) in [6, 6.07) is 3.71. The van der Waals surface area contributed by atoms with Gasteiger partial charge in [0.25, 0.3) is 0 Å². The van der Waals surface area contributed by atoms with Gasteiger partial charge in [-0.15, -0.1) is 0 Å². The lowest BCUT2D eigenvalue weighted by atomic mass is 9.91. The summed E-state index contributed by atoms with van der Waals surface area (Å²) in [7, 11) is 2.06. The van der Waals surface area contributed by atoms with Gasteiger partial charge in [-0.25, -0.2) is 0 Å². The van der Waals surface area contributed by atoms with Crippen LogP contribution in [0.4, 0.5) is 5.69 Å². The summed E-state index contributed by atoms with van der Waals surface area (Å²) in [6.45, 7) is 1.78. The maximum Gasteiger partial charge on any atom is 0.325 e. The molecule has 0 aliphatic carbocycles. The van der Waals surface area contributed by atoms with Gasteiger partial charge in [0.1, 0.15) is 6.04 Å². The zero-order chi connectivity index (χ0) is 12.0. The molecule has 90 valence electrons. The van der Waals surface area contributed by atoms with Crippen molar-refractivity contribution in [3.8, 4) is 0 Å². The van der Waals surface area contributed by atoms with E-state index in [1.807, 2.05) is 0 Å². The van der Waals surface area contributed by atoms with Crippen LogP contribution in [0.5, 0.6) is 0 Å². The first kappa shape index (κ1) is 10.6. The highest BCUT2D eigenvalue weighted by Gasteiger charge is 2.28. The van der Waals surface area contributed by atoms with E-state index in [1.165, 1.54) is 16.8 Å². The second-order valence-corrected chi connectivity index (χ2v) is 4.83. The molecule has 2 aliphatic rings. The summed E-state index contributed by atoms with van der Waals surface area (Å²) in [5, 5.41) is 12.3. The number of benzene rings is 1. The number of anilines is 1. The predicted octanol–water partition coefficient (Wildman–Crippen LogP) is 0.950. The number of nitrogens with zero attached hydrogens (tertiary/aromatic N) is 1. The largest absolute Gasteiger partial charge is 0.480 e. The zero-order valence-electron chi connectivity index (χ0n) is 9.86. The van der Waals surface area contributed by atoms with Crippen molar-refractivity contribution < 1.29 is 9.90 Å². The monoisotopic (exact) mass is 232 g/mol. The van der Waals surface area contributed by atoms with Crippen molar-refractivity contribution in [2.75, 3.05) is 25.0 Å². The van der Waals surface area contributed by atoms with Gasteiger partial charge in [-0.3, -0.25) is 4.79 Å². The number of nitrogens with one attached hydrogen (secondary N) is 1. The maximum absolute atomic E-state index is 11.2. The normalized spacial score (nSPS) is 22.2. The highest BCUT2D eigenvalue weighted by atomic mass is 16.4. The number of hydrogen-bond acceptors (Lipinski definition) is 3. The van der Waals surface area contributed by atoms with Crippen molar-refractivity contribution in [3.63, 3.8) is 0 Å². The standard InChI is InChI=1S/C13H16N2O2/c1-15-5-3-9-6-8-2-4-14-12(13(16)17)10(8)7-11(9)15/h6-7,12,14H,2-5H2,1H3,(H,16,17). The number of fused-ring (bicyclic) bond motifs is 2. The first-order valence-corrected chi connectivity index (χ1v) is 6.00. The molecule has 1 aromatic rings. The van der Waals surface area contributed by atoms with E-state index in [1.54, 1.807) is 0 Å². The smallest absolute Gasteiger partial charge is 0.325 e. The van der Waals surface area contributed by atoms with E-state index in [2.05, 4.69) is 29.4 Å². The Labute approximate surface area is 100 Å². The summed E-state index contributed by atoms with van der Waals surface area (Å²) < 4.78 is 0. The molecule has 2 aliphatic heterocycles. The third-order valence-corrected chi connectivity index (χ3v) is 3.77. The van der Waals surface area contributed by atoms with Crippen LogP contribution in [0.1, 0.15) is 22.7 Å². The Morgan fingerprint density at radius 3 is 3.00 bits per heavy atom. The summed E-state index contributed by atoms with van der Waals surface area (Å²) in [4.78, 5) is 13.4. The minimum absolute atomic E-state index is 0.543. The lowest BCUT2D eigenvalue weighted by molar-refractivity contribution is -0.139. The van der Waals surface area contributed by atoms with Crippen LogP contribution in [0.3, 0.4) is 0 Å². The highest BCUT2D eigenvalue weighted by Crippen LogP contribution is 2.34. The minimum atomic E-state index is -0.786. The fourth-order valence-corrected chi connectivity index (χ4v) is 2.83. The van der Waals surface area contributed by atoms with Gasteiger partial charge in [0.05, 0.1) is 0 Å². The first-order chi connectivity index (χ1) is 8.16. The lowest BCUT2D eigenvalue weighted by Gasteiger charge is -2.25. The molecule has 0 bridgehead atoms. The zero-order valence-corrected chi connectivity index (χ0v) is 9.86. The van der Waals surface area contributed by atoms with Crippen molar-refractivity contribution in [1.29, 1.82) is 0 Å². The fourth-order valence-electron chi connectivity index (χ4n) is 2.83. The first-order valence-electron chi connectivity index (χ1n) is 6.00. The minimum Gasteiger partial charge on any atom is -0.480 e. The molecule has 0 saturated carbocycles. The van der Waals surface area contributed by atoms with Gasteiger partial charge in [-0.05, 0) is 35.6 Å². The van der Waals surface area contributed by atoms with Gasteiger partial charge in [0.2, 0.25) is 0 Å². The quantitative estimate of drug-likeness (QED) is 0.757. The molecule has 17 heavy (non-hydrogen) atoms. The van der Waals surface area contributed by atoms with E-state index in [4.69, 9.17) is 0 Å². The SMILES string of the molecule is CN1CCc2cc3c(cc21)C(C(=O)O)NCC3. The summed E-state index contributed by atoms with van der Waals surface area (Å²) in [6.07, 6.45) is 2.00. The molecule has 0 saturated heterocycles. The Morgan fingerprint density at radius 2 is 2.24 bits per heavy atom. The second kappa shape index (κ2) is 3.74. The predicted molar refractivity (Wildman–Crippen MR) is 65.5 cm³/mol. The topological polar surface area (TPSA) is 52.6 Å². The molecular weight excluding hydrogens is 216 g/mol. The molecular formula is C13H16N2O2. The van der Waals surface area contributed by atoms with Crippen LogP contribution in [0, 0.1) is 0 Å². The number of hydrogen-bond donors (Lipinski definition) is 2. The number of rotatable bonds is 1. The van der Waals surface area contributed by atoms with Gasteiger partial charge in [-0.1, -0.05) is 6.07 Å². The van der Waals surface area contributed by atoms with Crippen LogP contribution >= 0.6 is 0 Å². The molecule has 0 amide bonds. The average molecular weight is 232 g/mol. The third-order valence-electron chi connectivity index (χ3n) is 3.77. The Morgan fingerprint density at radius 1 is 1.41 bits per heavy atom. The summed E-state index contributed by atoms with van der Waals surface area (Å²) in [5.74, 6) is -0.786. The Bertz CT molecular complexity index is 485. The maximum atomic E-state index is 11.2. The molecule has 0 spiro atoms. The van der Waals surface area contributed by atoms with Gasteiger partial charge < -0.3 is 15.3 Å². The highest BCUT2D eigenvalue weighted by molar-refractivity contribution is 5.78. The van der Waals surface area contributed by atoms with E-state index >= 15 is 0 Å². The van der Waals surface area contributed by atoms with Gasteiger partial charge in [0, 0.05) is 25.8 Å². The van der Waals surface area contributed by atoms with Crippen LogP contribution < -0.4 is 10.2 Å². The van der Waals surface area contributed by atoms with Crippen LogP contribution in [0.15, 0.2) is 12.1 Å². The van der Waals surface area contributed by atoms with Gasteiger partial charge >= 0.3 is 5.97 Å². The molecule has 0 aromatic heterocycles. The molecule has 1 unspecified atom stereocenters. The number of carboxylic acids is 1. The number of carbonyl (C=O) groups is 1. The summed E-state index contributed by atoms with van der Waals surface area (Å²) in [5.41, 5.74) is 4.69. The molecule has 4 nitrogen and oxygen atoms in total. The number of carboxylic acid groups (broad SMARTS) is 1. The molecule has 0 radical (unpaired) electrons. The van der Waals surface area contributed by atoms with E-state index in [0.717, 1.165) is 31.5 Å². The van der Waals surface area contributed by atoms with Crippen molar-refractivity contribution >= 4 is 11.7 Å². The van der Waals surface area contributed by atoms with E-state index in [9.17, 15) is 9.90 Å². The molecule has 2 heterocycles. The molecule has 1 atom stereocenters. The fraction of sp³-hybridized carbons (Fsp3) is 0.462. The Kier molecular flexibility index (Phi) is 2.33. The molecule has 4 heteroatoms. The van der Waals surface area contributed by atoms with Crippen LogP contribution in [-0.2, 0) is 17.6 Å². The molecule has 1 aromatic carbocycles. The van der Waals surface area contributed by atoms with E-state index in [0.29, 0.717) is 0 Å². The molecule has 3 rings (SSSR count). The Hall–Kier alpha value is -1.55. The third kappa shape index (κ3) is 1.60. The van der Waals surface area contributed by atoms with Crippen LogP contribution in [-0.4, -0.2) is 31.2 Å². The van der Waals surface area contributed by atoms with Crippen molar-refractivity contribution in [1.82, 2.24) is 5.32 Å². The van der Waals surface area contributed by atoms with Crippen molar-refractivity contribution in [2.45, 2.75) is 18.9 Å². The lowest BCUT2D eigenvalue weighted by Crippen LogP contribution is -2.35. The van der Waals surface area contributed by atoms with Crippen molar-refractivity contribution in [3.05, 3.63) is 28.8 Å². The van der Waals surface area contributed by atoms with Crippen molar-refractivity contribution in [2.24, 2.45) is 0 Å². The van der Waals surface area contributed by atoms with E-state index in [-0.39, 0.29) is 0 Å². The van der Waals surface area contributed by atoms with E-state index < -0.39 is 12.0 Å². The molecule has 2 N–H and O–H groups in total. The Balaban J connectivity index is 2.11. The van der Waals surface area contributed by atoms with Gasteiger partial charge in [-0.2, -0.15) is 0 Å². The molecule has 0 fully saturated rings. The van der Waals surface area contributed by atoms with Gasteiger partial charge in [0.15, 0.2) is 0 Å².